The number of fused-ring (bicyclic) bond motifs is 3. The summed E-state index contributed by atoms with van der Waals surface area (Å²) < 4.78 is 37.7. The molecule has 14 nitrogen and oxygen atoms in total. The van der Waals surface area contributed by atoms with E-state index in [-0.39, 0.29) is 83.0 Å². The van der Waals surface area contributed by atoms with E-state index in [1.165, 1.54) is 0 Å². The van der Waals surface area contributed by atoms with Crippen LogP contribution in [-0.2, 0) is 34.0 Å². The topological polar surface area (TPSA) is 167 Å². The van der Waals surface area contributed by atoms with Crippen LogP contribution in [0, 0.1) is 17.8 Å². The Balaban J connectivity index is 1.29. The summed E-state index contributed by atoms with van der Waals surface area (Å²) in [6.45, 7) is 4.77. The van der Waals surface area contributed by atoms with E-state index in [4.69, 9.17) is 50.0 Å². The lowest BCUT2D eigenvalue weighted by molar-refractivity contribution is -0.256. The van der Waals surface area contributed by atoms with Gasteiger partial charge in [-0.1, -0.05) is 96.9 Å². The lowest BCUT2D eigenvalue weighted by Gasteiger charge is -2.59. The van der Waals surface area contributed by atoms with Crippen LogP contribution in [0.4, 0.5) is 9.59 Å². The van der Waals surface area contributed by atoms with Crippen molar-refractivity contribution in [3.8, 4) is 23.0 Å². The van der Waals surface area contributed by atoms with Gasteiger partial charge in [0.2, 0.25) is 12.6 Å². The summed E-state index contributed by atoms with van der Waals surface area (Å²) in [5.74, 6) is -0.604. The number of unbranched alkanes of at least 4 members (excludes halogenated alkanes) is 2. The Morgan fingerprint density at radius 3 is 2.37 bits per heavy atom. The quantitative estimate of drug-likeness (QED) is 0.0297. The fraction of sp³-hybridized carbons (Fsp3) is 0.415. The van der Waals surface area contributed by atoms with Crippen molar-refractivity contribution in [2.75, 3.05) is 39.1 Å². The highest BCUT2D eigenvalue weighted by Crippen LogP contribution is 2.62. The number of aliphatic hydroxyl groups excluding tert-OH is 2. The first-order valence-electron chi connectivity index (χ1n) is 23.5. The molecule has 6 atom stereocenters. The second-order valence-electron chi connectivity index (χ2n) is 17.4. The van der Waals surface area contributed by atoms with Crippen molar-refractivity contribution in [2.45, 2.75) is 82.4 Å². The number of carbonyl (C=O) groups is 2. The molecule has 4 aromatic rings. The average molecular weight is 951 g/mol. The van der Waals surface area contributed by atoms with Gasteiger partial charge in [-0.25, -0.2) is 9.59 Å². The standard InChI is InChI=1S/C53H60ClN3O11/c1-2-26-65-53-48(57(52(61)62-27-23-54)33-38-19-21-46-47(28-38)64-35-63-46)31-44(56-66-34-37-15-7-4-8-16-37)42-29-39(17-9-11-24-58)41(18-10-12-25-59)49(50(42)53)43-30-40(20-22-45(43)68-53)67-51(60)55-32-36-13-5-3-6-14-36/h2-8,13-16,19-22,28-30,39,41,48-50,58-59H,1,9-12,17-18,23-27,31-35H2,(H,55,60). The molecule has 4 aliphatic rings. The van der Waals surface area contributed by atoms with Crippen LogP contribution in [0.2, 0.25) is 0 Å². The molecule has 1 saturated carbocycles. The molecule has 6 unspecified atom stereocenters. The highest BCUT2D eigenvalue weighted by atomic mass is 35.5. The molecule has 0 bridgehead atoms. The van der Waals surface area contributed by atoms with E-state index in [1.807, 2.05) is 84.9 Å². The molecule has 0 saturated heterocycles. The van der Waals surface area contributed by atoms with Crippen molar-refractivity contribution in [1.82, 2.24) is 10.2 Å². The number of ether oxygens (including phenoxy) is 6. The molecule has 3 N–H and O–H groups in total. The third kappa shape index (κ3) is 11.1. The Labute approximate surface area is 402 Å². The maximum absolute atomic E-state index is 14.7. The molecular formula is C53H60ClN3O11. The molecule has 4 aromatic carbocycles. The molecule has 2 heterocycles. The van der Waals surface area contributed by atoms with E-state index in [0.29, 0.717) is 41.6 Å². The highest BCUT2D eigenvalue weighted by Gasteiger charge is 2.65. The molecule has 0 spiro atoms. The number of carbonyl (C=O) groups excluding carboxylic acids is 2. The number of oxime groups is 1. The second-order valence-corrected chi connectivity index (χ2v) is 17.8. The second kappa shape index (κ2) is 23.3. The summed E-state index contributed by atoms with van der Waals surface area (Å²) in [5, 5.41) is 27.8. The molecule has 8 rings (SSSR count). The lowest BCUT2D eigenvalue weighted by atomic mass is 9.55. The minimum Gasteiger partial charge on any atom is -0.459 e. The Kier molecular flexibility index (Phi) is 16.6. The van der Waals surface area contributed by atoms with Crippen molar-refractivity contribution in [2.24, 2.45) is 22.9 Å². The summed E-state index contributed by atoms with van der Waals surface area (Å²) >= 11 is 6.14. The number of rotatable bonds is 22. The Hall–Kier alpha value is -6.06. The van der Waals surface area contributed by atoms with Crippen LogP contribution < -0.4 is 24.3 Å². The molecule has 0 aromatic heterocycles. The van der Waals surface area contributed by atoms with Crippen molar-refractivity contribution in [1.29, 1.82) is 0 Å². The third-order valence-electron chi connectivity index (χ3n) is 13.1. The van der Waals surface area contributed by atoms with Crippen LogP contribution in [0.15, 0.2) is 127 Å². The minimum absolute atomic E-state index is 0.0208. The van der Waals surface area contributed by atoms with Gasteiger partial charge in [-0.05, 0) is 90.1 Å². The summed E-state index contributed by atoms with van der Waals surface area (Å²) in [5.41, 5.74) is 4.86. The smallest absolute Gasteiger partial charge is 0.412 e. The maximum atomic E-state index is 14.7. The summed E-state index contributed by atoms with van der Waals surface area (Å²) in [6.07, 6.45) is 7.01. The van der Waals surface area contributed by atoms with Gasteiger partial charge in [0.25, 0.3) is 0 Å². The number of aliphatic hydroxyl groups is 2. The minimum atomic E-state index is -1.58. The van der Waals surface area contributed by atoms with Crippen molar-refractivity contribution in [3.63, 3.8) is 0 Å². The van der Waals surface area contributed by atoms with Crippen LogP contribution in [-0.4, -0.2) is 83.9 Å². The molecule has 2 aliphatic heterocycles. The molecular weight excluding hydrogens is 890 g/mol. The van der Waals surface area contributed by atoms with Crippen LogP contribution in [0.25, 0.3) is 0 Å². The summed E-state index contributed by atoms with van der Waals surface area (Å²) in [6, 6.07) is 29.4. The third-order valence-corrected chi connectivity index (χ3v) is 13.2. The van der Waals surface area contributed by atoms with Gasteiger partial charge in [0.05, 0.1) is 24.1 Å². The van der Waals surface area contributed by atoms with E-state index in [0.717, 1.165) is 53.5 Å². The number of benzene rings is 4. The number of nitrogens with zero attached hydrogens (tertiary/aromatic N) is 2. The Morgan fingerprint density at radius 1 is 0.882 bits per heavy atom. The van der Waals surface area contributed by atoms with E-state index >= 15 is 0 Å². The number of alkyl halides is 1. The first-order chi connectivity index (χ1) is 33.3. The van der Waals surface area contributed by atoms with Gasteiger partial charge in [0.15, 0.2) is 11.5 Å². The van der Waals surface area contributed by atoms with Crippen LogP contribution in [0.5, 0.6) is 23.0 Å². The molecule has 2 aliphatic carbocycles. The van der Waals surface area contributed by atoms with Crippen LogP contribution >= 0.6 is 11.6 Å². The van der Waals surface area contributed by atoms with Gasteiger partial charge >= 0.3 is 12.2 Å². The predicted octanol–water partition coefficient (Wildman–Crippen LogP) is 9.42. The summed E-state index contributed by atoms with van der Waals surface area (Å²) in [7, 11) is 0. The normalized spacial score (nSPS) is 22.5. The van der Waals surface area contributed by atoms with E-state index < -0.39 is 29.9 Å². The van der Waals surface area contributed by atoms with Gasteiger partial charge in [-0.3, -0.25) is 4.90 Å². The van der Waals surface area contributed by atoms with E-state index in [2.05, 4.69) is 18.0 Å². The molecule has 1 fully saturated rings. The number of nitrogens with one attached hydrogen (secondary N) is 1. The fourth-order valence-electron chi connectivity index (χ4n) is 10.1. The largest absolute Gasteiger partial charge is 0.459 e. The van der Waals surface area contributed by atoms with Gasteiger partial charge < -0.3 is 48.8 Å². The zero-order valence-electron chi connectivity index (χ0n) is 38.1. The van der Waals surface area contributed by atoms with Crippen molar-refractivity contribution in [3.05, 3.63) is 144 Å². The number of hydrogen-bond donors (Lipinski definition) is 3. The first-order valence-corrected chi connectivity index (χ1v) is 24.0. The van der Waals surface area contributed by atoms with E-state index in [9.17, 15) is 19.8 Å². The number of amides is 2. The van der Waals surface area contributed by atoms with Crippen molar-refractivity contribution >= 4 is 29.5 Å². The number of allylic oxidation sites excluding steroid dienone is 1. The summed E-state index contributed by atoms with van der Waals surface area (Å²) in [4.78, 5) is 36.0. The molecule has 2 amide bonds. The lowest BCUT2D eigenvalue weighted by Crippen LogP contribution is -2.70. The van der Waals surface area contributed by atoms with Crippen LogP contribution in [0.3, 0.4) is 0 Å². The Bertz CT molecular complexity index is 2400. The van der Waals surface area contributed by atoms with E-state index in [1.54, 1.807) is 23.1 Å². The zero-order valence-corrected chi connectivity index (χ0v) is 38.9. The number of halogens is 1. The molecule has 68 heavy (non-hydrogen) atoms. The highest BCUT2D eigenvalue weighted by molar-refractivity contribution is 6.18. The van der Waals surface area contributed by atoms with Gasteiger partial charge in [0.1, 0.15) is 30.8 Å². The number of hydrogen-bond acceptors (Lipinski definition) is 12. The first kappa shape index (κ1) is 48.4. The van der Waals surface area contributed by atoms with Gasteiger partial charge in [-0.2, -0.15) is 0 Å². The predicted molar refractivity (Wildman–Crippen MR) is 256 cm³/mol. The Morgan fingerprint density at radius 2 is 1.62 bits per heavy atom. The molecule has 0 radical (unpaired) electrons. The van der Waals surface area contributed by atoms with Gasteiger partial charge in [0, 0.05) is 44.2 Å². The van der Waals surface area contributed by atoms with Crippen LogP contribution in [0.1, 0.15) is 73.1 Å². The molecule has 15 heteroatoms. The maximum Gasteiger partial charge on any atom is 0.412 e. The zero-order chi connectivity index (χ0) is 47.3. The van der Waals surface area contributed by atoms with Crippen molar-refractivity contribution < 1.29 is 53.1 Å². The fourth-order valence-corrected chi connectivity index (χ4v) is 10.2. The monoisotopic (exact) mass is 949 g/mol. The average Bonchev–Trinajstić information content (AvgIpc) is 3.84. The SMILES string of the molecule is C=CCOC12Oc3ccc(OC(=O)NCc4ccccc4)cc3C3C(CCCCO)C(CCCCO)C=C(C(=NOCc4ccccc4)CC1N(Cc1ccc4c(c1)OCO4)C(=O)OCCCl)C32. The molecule has 360 valence electrons. The van der Waals surface area contributed by atoms with Gasteiger partial charge in [-0.15, -0.1) is 18.2 Å².